The summed E-state index contributed by atoms with van der Waals surface area (Å²) in [5.74, 6) is 0.535. The molecule has 0 aliphatic rings. The van der Waals surface area contributed by atoms with Crippen molar-refractivity contribution in [2.75, 3.05) is 57.4 Å². The first-order valence-electron chi connectivity index (χ1n) is 8.55. The summed E-state index contributed by atoms with van der Waals surface area (Å²) in [6.45, 7) is 2.24. The molecule has 146 valence electrons. The molecule has 0 unspecified atom stereocenters. The van der Waals surface area contributed by atoms with Gasteiger partial charge in [-0.25, -0.2) is 9.97 Å². The molecule has 1 aromatic heterocycles. The van der Waals surface area contributed by atoms with E-state index >= 15 is 0 Å². The summed E-state index contributed by atoms with van der Waals surface area (Å²) >= 11 is 0. The molecule has 0 N–H and O–H groups in total. The average molecular weight is 375 g/mol. The van der Waals surface area contributed by atoms with Gasteiger partial charge in [-0.05, 0) is 5.56 Å². The first kappa shape index (κ1) is 20.5. The normalized spacial score (nSPS) is 10.6. The van der Waals surface area contributed by atoms with E-state index in [0.717, 1.165) is 5.56 Å². The van der Waals surface area contributed by atoms with Crippen LogP contribution in [0.5, 0.6) is 0 Å². The van der Waals surface area contributed by atoms with Gasteiger partial charge in [-0.2, -0.15) is 0 Å². The molecule has 0 saturated carbocycles. The largest absolute Gasteiger partial charge is 0.383 e. The summed E-state index contributed by atoms with van der Waals surface area (Å²) < 4.78 is 10.2. The third-order valence-electron chi connectivity index (χ3n) is 4.02. The van der Waals surface area contributed by atoms with Crippen molar-refractivity contribution in [2.24, 2.45) is 0 Å². The Morgan fingerprint density at radius 3 is 2.19 bits per heavy atom. The Morgan fingerprint density at radius 2 is 1.63 bits per heavy atom. The lowest BCUT2D eigenvalue weighted by molar-refractivity contribution is -0.383. The first-order chi connectivity index (χ1) is 13.1. The van der Waals surface area contributed by atoms with Crippen LogP contribution in [0, 0.1) is 10.1 Å². The van der Waals surface area contributed by atoms with Crippen LogP contribution in [0.3, 0.4) is 0 Å². The maximum absolute atomic E-state index is 11.9. The quantitative estimate of drug-likeness (QED) is 0.435. The molecule has 0 bridgehead atoms. The van der Waals surface area contributed by atoms with Crippen molar-refractivity contribution in [2.45, 2.75) is 6.54 Å². The molecule has 9 nitrogen and oxygen atoms in total. The molecule has 2 aromatic rings. The number of ether oxygens (including phenoxy) is 2. The van der Waals surface area contributed by atoms with Gasteiger partial charge in [-0.1, -0.05) is 30.3 Å². The van der Waals surface area contributed by atoms with Gasteiger partial charge in [-0.15, -0.1) is 0 Å². The van der Waals surface area contributed by atoms with Crippen molar-refractivity contribution in [3.8, 4) is 0 Å². The van der Waals surface area contributed by atoms with Gasteiger partial charge in [0, 0.05) is 40.9 Å². The van der Waals surface area contributed by atoms with Gasteiger partial charge >= 0.3 is 5.69 Å². The second-order valence-electron chi connectivity index (χ2n) is 5.94. The van der Waals surface area contributed by atoms with E-state index in [4.69, 9.17) is 9.47 Å². The molecular weight excluding hydrogens is 350 g/mol. The van der Waals surface area contributed by atoms with E-state index in [1.54, 1.807) is 31.1 Å². The number of nitro groups is 1. The SMILES string of the molecule is COCCN(CCOC)c1ncnc(N(C)Cc2ccccc2)c1[N+](=O)[O-]. The summed E-state index contributed by atoms with van der Waals surface area (Å²) in [6.07, 6.45) is 1.35. The van der Waals surface area contributed by atoms with Gasteiger partial charge in [0.25, 0.3) is 0 Å². The Morgan fingerprint density at radius 1 is 1.04 bits per heavy atom. The molecule has 0 fully saturated rings. The minimum atomic E-state index is -0.432. The first-order valence-corrected chi connectivity index (χ1v) is 8.55. The second-order valence-corrected chi connectivity index (χ2v) is 5.94. The van der Waals surface area contributed by atoms with E-state index in [2.05, 4.69) is 9.97 Å². The van der Waals surface area contributed by atoms with E-state index in [1.807, 2.05) is 30.3 Å². The van der Waals surface area contributed by atoms with Crippen LogP contribution in [0.4, 0.5) is 17.3 Å². The molecule has 0 atom stereocenters. The van der Waals surface area contributed by atoms with Gasteiger partial charge < -0.3 is 19.3 Å². The number of rotatable bonds is 11. The van der Waals surface area contributed by atoms with Crippen LogP contribution in [0.2, 0.25) is 0 Å². The molecule has 0 radical (unpaired) electrons. The average Bonchev–Trinajstić information content (AvgIpc) is 2.68. The number of anilines is 2. The fourth-order valence-electron chi connectivity index (χ4n) is 2.69. The summed E-state index contributed by atoms with van der Waals surface area (Å²) in [6, 6.07) is 9.72. The zero-order chi connectivity index (χ0) is 19.6. The Labute approximate surface area is 158 Å². The lowest BCUT2D eigenvalue weighted by atomic mass is 10.2. The van der Waals surface area contributed by atoms with Crippen LogP contribution in [0.25, 0.3) is 0 Å². The number of aromatic nitrogens is 2. The molecule has 1 heterocycles. The number of hydrogen-bond donors (Lipinski definition) is 0. The van der Waals surface area contributed by atoms with Crippen molar-refractivity contribution in [1.82, 2.24) is 9.97 Å². The molecule has 1 aromatic carbocycles. The highest BCUT2D eigenvalue weighted by Gasteiger charge is 2.28. The van der Waals surface area contributed by atoms with E-state index in [9.17, 15) is 10.1 Å². The molecular formula is C18H25N5O4. The third kappa shape index (κ3) is 5.60. The molecule has 0 spiro atoms. The highest BCUT2D eigenvalue weighted by Crippen LogP contribution is 2.34. The predicted molar refractivity (Wildman–Crippen MR) is 103 cm³/mol. The van der Waals surface area contributed by atoms with E-state index in [0.29, 0.717) is 32.8 Å². The standard InChI is InChI=1S/C18H25N5O4/c1-21(13-15-7-5-4-6-8-15)17-16(23(24)25)18(20-14-19-17)22(9-11-26-2)10-12-27-3/h4-8,14H,9-13H2,1-3H3. The minimum absolute atomic E-state index is 0.122. The Bertz CT molecular complexity index is 721. The van der Waals surface area contributed by atoms with Gasteiger partial charge in [0.1, 0.15) is 6.33 Å². The smallest absolute Gasteiger partial charge is 0.353 e. The van der Waals surface area contributed by atoms with Gasteiger partial charge in [0.15, 0.2) is 0 Å². The van der Waals surface area contributed by atoms with Crippen molar-refractivity contribution in [3.05, 3.63) is 52.3 Å². The highest BCUT2D eigenvalue weighted by atomic mass is 16.6. The second kappa shape index (κ2) is 10.4. The minimum Gasteiger partial charge on any atom is -0.383 e. The summed E-state index contributed by atoms with van der Waals surface area (Å²) in [5, 5.41) is 11.9. The number of benzene rings is 1. The van der Waals surface area contributed by atoms with E-state index < -0.39 is 4.92 Å². The van der Waals surface area contributed by atoms with Crippen LogP contribution < -0.4 is 9.80 Å². The number of nitrogens with zero attached hydrogens (tertiary/aromatic N) is 5. The molecule has 9 heteroatoms. The van der Waals surface area contributed by atoms with E-state index in [-0.39, 0.29) is 17.3 Å². The van der Waals surface area contributed by atoms with Crippen LogP contribution >= 0.6 is 0 Å². The fourth-order valence-corrected chi connectivity index (χ4v) is 2.69. The molecule has 2 rings (SSSR count). The monoisotopic (exact) mass is 375 g/mol. The molecule has 0 aliphatic carbocycles. The summed E-state index contributed by atoms with van der Waals surface area (Å²) in [4.78, 5) is 23.3. The zero-order valence-corrected chi connectivity index (χ0v) is 15.9. The molecule has 27 heavy (non-hydrogen) atoms. The molecule has 0 amide bonds. The van der Waals surface area contributed by atoms with Crippen LogP contribution in [-0.4, -0.2) is 62.5 Å². The fraction of sp³-hybridized carbons (Fsp3) is 0.444. The van der Waals surface area contributed by atoms with Crippen molar-refractivity contribution in [1.29, 1.82) is 0 Å². The maximum Gasteiger partial charge on any atom is 0.353 e. The van der Waals surface area contributed by atoms with Crippen molar-refractivity contribution < 1.29 is 14.4 Å². The van der Waals surface area contributed by atoms with Gasteiger partial charge in [-0.3, -0.25) is 10.1 Å². The zero-order valence-electron chi connectivity index (χ0n) is 15.9. The summed E-state index contributed by atoms with van der Waals surface area (Å²) in [7, 11) is 4.95. The predicted octanol–water partition coefficient (Wildman–Crippen LogP) is 2.12. The maximum atomic E-state index is 11.9. The third-order valence-corrected chi connectivity index (χ3v) is 4.02. The van der Waals surface area contributed by atoms with Gasteiger partial charge in [0.2, 0.25) is 11.6 Å². The molecule has 0 saturated heterocycles. The van der Waals surface area contributed by atoms with Crippen LogP contribution in [0.15, 0.2) is 36.7 Å². The topological polar surface area (TPSA) is 93.9 Å². The number of methoxy groups -OCH3 is 2. The highest BCUT2D eigenvalue weighted by molar-refractivity contribution is 5.71. The van der Waals surface area contributed by atoms with Crippen molar-refractivity contribution in [3.63, 3.8) is 0 Å². The molecule has 0 aliphatic heterocycles. The van der Waals surface area contributed by atoms with Crippen LogP contribution in [0.1, 0.15) is 5.56 Å². The van der Waals surface area contributed by atoms with Crippen molar-refractivity contribution >= 4 is 17.3 Å². The van der Waals surface area contributed by atoms with E-state index in [1.165, 1.54) is 6.33 Å². The lowest BCUT2D eigenvalue weighted by Gasteiger charge is -2.25. The van der Waals surface area contributed by atoms with Crippen LogP contribution in [-0.2, 0) is 16.0 Å². The number of hydrogen-bond acceptors (Lipinski definition) is 8. The van der Waals surface area contributed by atoms with Gasteiger partial charge in [0.05, 0.1) is 18.1 Å². The summed E-state index contributed by atoms with van der Waals surface area (Å²) in [5.41, 5.74) is 0.910. The Kier molecular flexibility index (Phi) is 7.90. The Balaban J connectivity index is 2.37. The lowest BCUT2D eigenvalue weighted by Crippen LogP contribution is -2.32. The Hall–Kier alpha value is -2.78.